The number of hydrogen-bond donors (Lipinski definition) is 1. The largest absolute Gasteiger partial charge is 0.492 e. The number of hydrogen-bond acceptors (Lipinski definition) is 4. The summed E-state index contributed by atoms with van der Waals surface area (Å²) in [6.07, 6.45) is 0.598. The zero-order valence-corrected chi connectivity index (χ0v) is 13.9. The number of amides is 3. The van der Waals surface area contributed by atoms with Gasteiger partial charge in [-0.1, -0.05) is 6.07 Å². The van der Waals surface area contributed by atoms with Crippen molar-refractivity contribution in [3.8, 4) is 5.75 Å². The molecule has 0 bridgehead atoms. The summed E-state index contributed by atoms with van der Waals surface area (Å²) < 4.78 is 18.6. The minimum absolute atomic E-state index is 0.143. The molecule has 2 aliphatic rings. The third-order valence-electron chi connectivity index (χ3n) is 4.53. The lowest BCUT2D eigenvalue weighted by Crippen LogP contribution is -2.49. The Morgan fingerprint density at radius 2 is 2.17 bits per heavy atom. The van der Waals surface area contributed by atoms with Crippen LogP contribution in [0.1, 0.15) is 20.3 Å². The molecule has 2 aliphatic heterocycles. The minimum Gasteiger partial charge on any atom is -0.492 e. The van der Waals surface area contributed by atoms with Gasteiger partial charge in [0.2, 0.25) is 0 Å². The second-order valence-corrected chi connectivity index (χ2v) is 6.61. The number of urea groups is 1. The maximum atomic E-state index is 13.1. The molecule has 7 heteroatoms. The normalized spacial score (nSPS) is 24.2. The molecule has 1 aromatic rings. The first-order chi connectivity index (χ1) is 11.4. The van der Waals surface area contributed by atoms with E-state index in [2.05, 4.69) is 10.2 Å². The van der Waals surface area contributed by atoms with Gasteiger partial charge >= 0.3 is 6.03 Å². The van der Waals surface area contributed by atoms with Crippen molar-refractivity contribution in [3.05, 3.63) is 30.1 Å². The first kappa shape index (κ1) is 16.7. The van der Waals surface area contributed by atoms with Crippen LogP contribution < -0.4 is 10.1 Å². The van der Waals surface area contributed by atoms with Crippen molar-refractivity contribution in [1.29, 1.82) is 0 Å². The van der Waals surface area contributed by atoms with Gasteiger partial charge in [0.05, 0.1) is 0 Å². The third-order valence-corrected chi connectivity index (χ3v) is 4.53. The lowest BCUT2D eigenvalue weighted by atomic mass is 9.99. The SMILES string of the molecule is CC(C)N1C(=O)N[C@@]2(CCN(CCOc3cccc(F)c3)C2)C1=O. The van der Waals surface area contributed by atoms with E-state index in [-0.39, 0.29) is 23.8 Å². The predicted octanol–water partition coefficient (Wildman–Crippen LogP) is 1.61. The number of carbonyl (C=O) groups is 2. The number of nitrogens with one attached hydrogen (secondary N) is 1. The van der Waals surface area contributed by atoms with Crippen LogP contribution in [0.3, 0.4) is 0 Å². The molecule has 0 aromatic heterocycles. The molecule has 130 valence electrons. The van der Waals surface area contributed by atoms with Crippen molar-refractivity contribution in [1.82, 2.24) is 15.1 Å². The number of imide groups is 1. The van der Waals surface area contributed by atoms with Crippen molar-refractivity contribution >= 4 is 11.9 Å². The Balaban J connectivity index is 1.54. The summed E-state index contributed by atoms with van der Waals surface area (Å²) in [5.41, 5.74) is -0.805. The second-order valence-electron chi connectivity index (χ2n) is 6.61. The van der Waals surface area contributed by atoms with E-state index in [1.165, 1.54) is 17.0 Å². The second kappa shape index (κ2) is 6.39. The van der Waals surface area contributed by atoms with Gasteiger partial charge < -0.3 is 10.1 Å². The number of rotatable bonds is 5. The molecule has 24 heavy (non-hydrogen) atoms. The van der Waals surface area contributed by atoms with E-state index in [1.54, 1.807) is 12.1 Å². The Morgan fingerprint density at radius 3 is 2.83 bits per heavy atom. The van der Waals surface area contributed by atoms with Gasteiger partial charge in [0.1, 0.15) is 23.7 Å². The Morgan fingerprint density at radius 1 is 1.38 bits per heavy atom. The highest BCUT2D eigenvalue weighted by Crippen LogP contribution is 2.29. The molecule has 0 unspecified atom stereocenters. The first-order valence-corrected chi connectivity index (χ1v) is 8.18. The number of halogens is 1. The van der Waals surface area contributed by atoms with Gasteiger partial charge in [-0.2, -0.15) is 0 Å². The van der Waals surface area contributed by atoms with Crippen molar-refractivity contribution in [2.24, 2.45) is 0 Å². The maximum absolute atomic E-state index is 13.1. The standard InChI is InChI=1S/C17H22FN3O3/c1-12(2)21-15(22)17(19-16(21)23)6-7-20(11-17)8-9-24-14-5-3-4-13(18)10-14/h3-5,10,12H,6-9,11H2,1-2H3,(H,19,23)/t17-/m1/s1. The van der Waals surface area contributed by atoms with Gasteiger partial charge in [-0.25, -0.2) is 9.18 Å². The van der Waals surface area contributed by atoms with Crippen LogP contribution in [0, 0.1) is 5.82 Å². The molecule has 1 spiro atoms. The summed E-state index contributed by atoms with van der Waals surface area (Å²) in [7, 11) is 0. The average molecular weight is 335 g/mol. The maximum Gasteiger partial charge on any atom is 0.325 e. The van der Waals surface area contributed by atoms with E-state index >= 15 is 0 Å². The predicted molar refractivity (Wildman–Crippen MR) is 86.2 cm³/mol. The van der Waals surface area contributed by atoms with E-state index in [0.717, 1.165) is 0 Å². The van der Waals surface area contributed by atoms with Crippen LogP contribution in [0.5, 0.6) is 5.75 Å². The molecule has 2 heterocycles. The summed E-state index contributed by atoms with van der Waals surface area (Å²) in [4.78, 5) is 28.0. The van der Waals surface area contributed by atoms with Crippen LogP contribution in [0.4, 0.5) is 9.18 Å². The molecular formula is C17H22FN3O3. The molecule has 3 amide bonds. The monoisotopic (exact) mass is 335 g/mol. The molecule has 1 atom stereocenters. The molecule has 2 fully saturated rings. The Bertz CT molecular complexity index is 652. The number of ether oxygens (including phenoxy) is 1. The summed E-state index contributed by atoms with van der Waals surface area (Å²) in [6.45, 7) is 5.86. The summed E-state index contributed by atoms with van der Waals surface area (Å²) in [6, 6.07) is 5.55. The van der Waals surface area contributed by atoms with Crippen LogP contribution in [0.25, 0.3) is 0 Å². The topological polar surface area (TPSA) is 61.9 Å². The van der Waals surface area contributed by atoms with Crippen molar-refractivity contribution in [2.45, 2.75) is 31.8 Å². The first-order valence-electron chi connectivity index (χ1n) is 8.18. The Labute approximate surface area is 140 Å². The van der Waals surface area contributed by atoms with E-state index in [4.69, 9.17) is 4.74 Å². The number of benzene rings is 1. The van der Waals surface area contributed by atoms with Crippen LogP contribution in [-0.2, 0) is 4.79 Å². The number of likely N-dealkylation sites (tertiary alicyclic amines) is 1. The van der Waals surface area contributed by atoms with Crippen LogP contribution in [0.15, 0.2) is 24.3 Å². The van der Waals surface area contributed by atoms with E-state index in [0.29, 0.717) is 38.4 Å². The zero-order chi connectivity index (χ0) is 17.3. The highest BCUT2D eigenvalue weighted by atomic mass is 19.1. The fraction of sp³-hybridized carbons (Fsp3) is 0.529. The van der Waals surface area contributed by atoms with E-state index < -0.39 is 5.54 Å². The van der Waals surface area contributed by atoms with Gasteiger partial charge in [-0.3, -0.25) is 14.6 Å². The highest BCUT2D eigenvalue weighted by molar-refractivity contribution is 6.07. The molecule has 1 aromatic carbocycles. The summed E-state index contributed by atoms with van der Waals surface area (Å²) in [5, 5.41) is 2.86. The summed E-state index contributed by atoms with van der Waals surface area (Å²) >= 11 is 0. The zero-order valence-electron chi connectivity index (χ0n) is 13.9. The van der Waals surface area contributed by atoms with Gasteiger partial charge in [-0.05, 0) is 32.4 Å². The molecular weight excluding hydrogens is 313 g/mol. The van der Waals surface area contributed by atoms with Crippen LogP contribution in [-0.4, -0.2) is 59.6 Å². The van der Waals surface area contributed by atoms with Gasteiger partial charge in [0.25, 0.3) is 5.91 Å². The summed E-state index contributed by atoms with van der Waals surface area (Å²) in [5.74, 6) is 0.0110. The fourth-order valence-electron chi connectivity index (χ4n) is 3.32. The minimum atomic E-state index is -0.805. The molecule has 0 saturated carbocycles. The van der Waals surface area contributed by atoms with E-state index in [1.807, 2.05) is 13.8 Å². The van der Waals surface area contributed by atoms with Crippen molar-refractivity contribution < 1.29 is 18.7 Å². The van der Waals surface area contributed by atoms with Crippen molar-refractivity contribution in [2.75, 3.05) is 26.2 Å². The fourth-order valence-corrected chi connectivity index (χ4v) is 3.32. The van der Waals surface area contributed by atoms with Crippen LogP contribution >= 0.6 is 0 Å². The molecule has 1 N–H and O–H groups in total. The third kappa shape index (κ3) is 3.08. The molecule has 0 radical (unpaired) electrons. The lowest BCUT2D eigenvalue weighted by Gasteiger charge is -2.23. The van der Waals surface area contributed by atoms with Gasteiger partial charge in [0, 0.05) is 31.7 Å². The highest BCUT2D eigenvalue weighted by Gasteiger charge is 2.55. The van der Waals surface area contributed by atoms with Gasteiger partial charge in [-0.15, -0.1) is 0 Å². The quantitative estimate of drug-likeness (QED) is 0.831. The molecule has 2 saturated heterocycles. The van der Waals surface area contributed by atoms with Gasteiger partial charge in [0.15, 0.2) is 0 Å². The van der Waals surface area contributed by atoms with E-state index in [9.17, 15) is 14.0 Å². The van der Waals surface area contributed by atoms with Crippen molar-refractivity contribution in [3.63, 3.8) is 0 Å². The Hall–Kier alpha value is -2.15. The number of carbonyl (C=O) groups excluding carboxylic acids is 2. The Kier molecular flexibility index (Phi) is 4.45. The molecule has 6 nitrogen and oxygen atoms in total. The smallest absolute Gasteiger partial charge is 0.325 e. The molecule has 0 aliphatic carbocycles. The molecule has 3 rings (SSSR count). The number of nitrogens with zero attached hydrogens (tertiary/aromatic N) is 2. The van der Waals surface area contributed by atoms with Crippen LogP contribution in [0.2, 0.25) is 0 Å². The average Bonchev–Trinajstić information content (AvgIpc) is 3.01. The lowest BCUT2D eigenvalue weighted by molar-refractivity contribution is -0.132.